The van der Waals surface area contributed by atoms with Gasteiger partial charge in [-0.15, -0.1) is 0 Å². The highest BCUT2D eigenvalue weighted by molar-refractivity contribution is 5.85. The minimum Gasteiger partial charge on any atom is -0.380 e. The molecule has 6 heteroatoms. The first-order valence-electron chi connectivity index (χ1n) is 10.6. The van der Waals surface area contributed by atoms with Gasteiger partial charge in [-0.3, -0.25) is 9.59 Å². The molecule has 0 radical (unpaired) electrons. The van der Waals surface area contributed by atoms with Gasteiger partial charge in [-0.2, -0.15) is 0 Å². The Kier molecular flexibility index (Phi) is 7.11. The second-order valence-corrected chi connectivity index (χ2v) is 8.33. The second-order valence-electron chi connectivity index (χ2n) is 8.33. The highest BCUT2D eigenvalue weighted by atomic mass is 16.2. The third-order valence-corrected chi connectivity index (χ3v) is 5.70. The average Bonchev–Trinajstić information content (AvgIpc) is 2.75. The van der Waals surface area contributed by atoms with E-state index >= 15 is 0 Å². The molecule has 2 aromatic carbocycles. The van der Waals surface area contributed by atoms with Gasteiger partial charge in [-0.05, 0) is 54.5 Å². The Labute approximate surface area is 178 Å². The van der Waals surface area contributed by atoms with Crippen LogP contribution in [0.25, 0.3) is 11.1 Å². The SMILES string of the molecule is CC(N)C(=O)N1CCC(Nc2ccc(-c3ccc(C(C)C)cc3)cc2NC=O)CC1. The Morgan fingerprint density at radius 2 is 1.67 bits per heavy atom. The number of hydrogen-bond donors (Lipinski definition) is 3. The van der Waals surface area contributed by atoms with Crippen LogP contribution in [-0.2, 0) is 9.59 Å². The zero-order valence-corrected chi connectivity index (χ0v) is 18.0. The van der Waals surface area contributed by atoms with Gasteiger partial charge in [0, 0.05) is 19.1 Å². The molecule has 1 aliphatic heterocycles. The van der Waals surface area contributed by atoms with Crippen LogP contribution in [0.2, 0.25) is 0 Å². The van der Waals surface area contributed by atoms with E-state index in [9.17, 15) is 9.59 Å². The van der Waals surface area contributed by atoms with E-state index in [-0.39, 0.29) is 11.9 Å². The predicted octanol–water partition coefficient (Wildman–Crippen LogP) is 3.80. The first kappa shape index (κ1) is 21.8. The predicted molar refractivity (Wildman–Crippen MR) is 123 cm³/mol. The van der Waals surface area contributed by atoms with Crippen LogP contribution in [0.5, 0.6) is 0 Å². The lowest BCUT2D eigenvalue weighted by Crippen LogP contribution is -2.48. The molecule has 0 aromatic heterocycles. The number of hydrogen-bond acceptors (Lipinski definition) is 4. The molecule has 30 heavy (non-hydrogen) atoms. The molecule has 0 saturated carbocycles. The molecule has 6 nitrogen and oxygen atoms in total. The molecule has 1 fully saturated rings. The number of anilines is 2. The van der Waals surface area contributed by atoms with Crippen LogP contribution in [0.1, 0.15) is 45.1 Å². The van der Waals surface area contributed by atoms with Crippen LogP contribution in [0, 0.1) is 0 Å². The number of benzene rings is 2. The molecule has 0 aliphatic carbocycles. The quantitative estimate of drug-likeness (QED) is 0.608. The maximum atomic E-state index is 12.1. The van der Waals surface area contributed by atoms with Crippen LogP contribution in [0.4, 0.5) is 11.4 Å². The lowest BCUT2D eigenvalue weighted by Gasteiger charge is -2.34. The lowest BCUT2D eigenvalue weighted by atomic mass is 9.98. The molecule has 0 spiro atoms. The first-order valence-corrected chi connectivity index (χ1v) is 10.6. The Morgan fingerprint density at radius 1 is 1.03 bits per heavy atom. The Bertz CT molecular complexity index is 869. The number of piperidine rings is 1. The number of likely N-dealkylation sites (tertiary alicyclic amines) is 1. The molecule has 1 saturated heterocycles. The van der Waals surface area contributed by atoms with E-state index in [0.29, 0.717) is 25.4 Å². The number of amides is 2. The second kappa shape index (κ2) is 9.76. The molecule has 0 bridgehead atoms. The zero-order chi connectivity index (χ0) is 21.7. The Hall–Kier alpha value is -2.86. The van der Waals surface area contributed by atoms with Crippen LogP contribution in [-0.4, -0.2) is 42.4 Å². The van der Waals surface area contributed by atoms with Gasteiger partial charge < -0.3 is 21.3 Å². The van der Waals surface area contributed by atoms with Gasteiger partial charge in [0.05, 0.1) is 17.4 Å². The molecule has 3 rings (SSSR count). The summed E-state index contributed by atoms with van der Waals surface area (Å²) in [7, 11) is 0. The highest BCUT2D eigenvalue weighted by Gasteiger charge is 2.24. The molecular weight excluding hydrogens is 376 g/mol. The van der Waals surface area contributed by atoms with Gasteiger partial charge in [0.25, 0.3) is 0 Å². The third kappa shape index (κ3) is 5.19. The molecule has 1 aliphatic rings. The molecule has 1 heterocycles. The van der Waals surface area contributed by atoms with Crippen LogP contribution >= 0.6 is 0 Å². The van der Waals surface area contributed by atoms with Crippen LogP contribution in [0.3, 0.4) is 0 Å². The van der Waals surface area contributed by atoms with Crippen molar-refractivity contribution in [1.29, 1.82) is 0 Å². The smallest absolute Gasteiger partial charge is 0.239 e. The Balaban J connectivity index is 1.71. The summed E-state index contributed by atoms with van der Waals surface area (Å²) < 4.78 is 0. The number of nitrogens with zero attached hydrogens (tertiary/aromatic N) is 1. The summed E-state index contributed by atoms with van der Waals surface area (Å²) in [4.78, 5) is 25.1. The summed E-state index contributed by atoms with van der Waals surface area (Å²) >= 11 is 0. The fourth-order valence-corrected chi connectivity index (χ4v) is 3.85. The van der Waals surface area contributed by atoms with E-state index in [1.54, 1.807) is 6.92 Å². The fourth-order valence-electron chi connectivity index (χ4n) is 3.85. The number of carbonyl (C=O) groups is 2. The lowest BCUT2D eigenvalue weighted by molar-refractivity contribution is -0.133. The van der Waals surface area contributed by atoms with E-state index in [1.165, 1.54) is 5.56 Å². The van der Waals surface area contributed by atoms with Gasteiger partial charge >= 0.3 is 0 Å². The summed E-state index contributed by atoms with van der Waals surface area (Å²) in [5.41, 5.74) is 10.8. The van der Waals surface area contributed by atoms with Crippen molar-refractivity contribution in [1.82, 2.24) is 4.90 Å². The number of nitrogens with one attached hydrogen (secondary N) is 2. The van der Waals surface area contributed by atoms with Gasteiger partial charge in [0.1, 0.15) is 0 Å². The van der Waals surface area contributed by atoms with Gasteiger partial charge in [0.15, 0.2) is 0 Å². The van der Waals surface area contributed by atoms with E-state index in [4.69, 9.17) is 5.73 Å². The van der Waals surface area contributed by atoms with Crippen molar-refractivity contribution in [3.8, 4) is 11.1 Å². The minimum atomic E-state index is -0.458. The third-order valence-electron chi connectivity index (χ3n) is 5.70. The molecule has 4 N–H and O–H groups in total. The number of rotatable bonds is 7. The topological polar surface area (TPSA) is 87.5 Å². The molecule has 160 valence electrons. The molecule has 2 aromatic rings. The van der Waals surface area contributed by atoms with Crippen LogP contribution < -0.4 is 16.4 Å². The van der Waals surface area contributed by atoms with E-state index in [2.05, 4.69) is 54.8 Å². The molecule has 1 atom stereocenters. The standard InChI is InChI=1S/C24H32N4O2/c1-16(2)18-4-6-19(7-5-18)20-8-9-22(23(14-20)26-15-29)27-21-10-12-28(13-11-21)24(30)17(3)25/h4-9,14-17,21,27H,10-13,25H2,1-3H3,(H,26,29). The monoisotopic (exact) mass is 408 g/mol. The Morgan fingerprint density at radius 3 is 2.23 bits per heavy atom. The fraction of sp³-hybridized carbons (Fsp3) is 0.417. The van der Waals surface area contributed by atoms with Crippen molar-refractivity contribution in [2.24, 2.45) is 5.73 Å². The molecule has 2 amide bonds. The first-order chi connectivity index (χ1) is 14.4. The van der Waals surface area contributed by atoms with Crippen molar-refractivity contribution >= 4 is 23.7 Å². The number of nitrogens with two attached hydrogens (primary N) is 1. The average molecular weight is 409 g/mol. The zero-order valence-electron chi connectivity index (χ0n) is 18.0. The van der Waals surface area contributed by atoms with Crippen LogP contribution in [0.15, 0.2) is 42.5 Å². The largest absolute Gasteiger partial charge is 0.380 e. The summed E-state index contributed by atoms with van der Waals surface area (Å²) in [5, 5.41) is 6.36. The van der Waals surface area contributed by atoms with E-state index in [1.807, 2.05) is 17.0 Å². The van der Waals surface area contributed by atoms with Crippen molar-refractivity contribution < 1.29 is 9.59 Å². The highest BCUT2D eigenvalue weighted by Crippen LogP contribution is 2.31. The summed E-state index contributed by atoms with van der Waals surface area (Å²) in [6.07, 6.45) is 2.39. The van der Waals surface area contributed by atoms with Gasteiger partial charge in [-0.25, -0.2) is 0 Å². The summed E-state index contributed by atoms with van der Waals surface area (Å²) in [6.45, 7) is 7.46. The van der Waals surface area contributed by atoms with Gasteiger partial charge in [0.2, 0.25) is 12.3 Å². The molecule has 1 unspecified atom stereocenters. The van der Waals surface area contributed by atoms with Crippen molar-refractivity contribution in [2.75, 3.05) is 23.7 Å². The van der Waals surface area contributed by atoms with E-state index < -0.39 is 6.04 Å². The maximum Gasteiger partial charge on any atom is 0.239 e. The normalized spacial score (nSPS) is 15.7. The number of carbonyl (C=O) groups excluding carboxylic acids is 2. The van der Waals surface area contributed by atoms with Gasteiger partial charge in [-0.1, -0.05) is 44.2 Å². The van der Waals surface area contributed by atoms with Crippen molar-refractivity contribution in [2.45, 2.75) is 51.6 Å². The van der Waals surface area contributed by atoms with Crippen molar-refractivity contribution in [3.05, 3.63) is 48.0 Å². The van der Waals surface area contributed by atoms with Crippen molar-refractivity contribution in [3.63, 3.8) is 0 Å². The molecular formula is C24H32N4O2. The van der Waals surface area contributed by atoms with E-state index in [0.717, 1.165) is 35.3 Å². The summed E-state index contributed by atoms with van der Waals surface area (Å²) in [5.74, 6) is 0.497. The minimum absolute atomic E-state index is 0.00426. The maximum absolute atomic E-state index is 12.1. The summed E-state index contributed by atoms with van der Waals surface area (Å²) in [6, 6.07) is 14.4.